The minimum absolute atomic E-state index is 0.0978. The molecule has 0 aromatic carbocycles. The summed E-state index contributed by atoms with van der Waals surface area (Å²) in [5, 5.41) is 0. The quantitative estimate of drug-likeness (QED) is 0.676. The Morgan fingerprint density at radius 1 is 1.25 bits per heavy atom. The third-order valence-electron chi connectivity index (χ3n) is 4.98. The fraction of sp³-hybridized carbons (Fsp3) is 0.727. The molecule has 0 bridgehead atoms. The van der Waals surface area contributed by atoms with Crippen LogP contribution in [0.15, 0.2) is 12.3 Å². The second-order valence-electron chi connectivity index (χ2n) is 8.45. The van der Waals surface area contributed by atoms with E-state index in [-0.39, 0.29) is 23.9 Å². The van der Waals surface area contributed by atoms with Crippen molar-refractivity contribution in [2.24, 2.45) is 5.92 Å². The molecule has 0 saturated carbocycles. The number of aromatic nitrogens is 1. The lowest BCUT2D eigenvalue weighted by Gasteiger charge is -2.34. The van der Waals surface area contributed by atoms with Gasteiger partial charge in [0.05, 0.1) is 31.9 Å². The van der Waals surface area contributed by atoms with Crippen LogP contribution in [0.1, 0.15) is 59.7 Å². The molecule has 2 rings (SSSR count). The second-order valence-corrected chi connectivity index (χ2v) is 8.45. The van der Waals surface area contributed by atoms with Crippen LogP contribution in [0.4, 0.5) is 0 Å². The summed E-state index contributed by atoms with van der Waals surface area (Å²) in [5.41, 5.74) is 1.80. The van der Waals surface area contributed by atoms with Gasteiger partial charge in [-0.1, -0.05) is 6.92 Å². The number of amides is 1. The van der Waals surface area contributed by atoms with Gasteiger partial charge in [-0.25, -0.2) is 0 Å². The largest absolute Gasteiger partial charge is 0.493 e. The zero-order valence-corrected chi connectivity index (χ0v) is 18.4. The third kappa shape index (κ3) is 5.92. The van der Waals surface area contributed by atoms with Crippen LogP contribution in [0.2, 0.25) is 0 Å². The summed E-state index contributed by atoms with van der Waals surface area (Å²) in [5.74, 6) is 0.563. The van der Waals surface area contributed by atoms with Crippen LogP contribution in [-0.4, -0.2) is 53.5 Å². The fourth-order valence-electron chi connectivity index (χ4n) is 3.62. The molecule has 1 aromatic rings. The minimum Gasteiger partial charge on any atom is -0.493 e. The molecule has 0 N–H and O–H groups in total. The van der Waals surface area contributed by atoms with E-state index in [4.69, 9.17) is 14.2 Å². The van der Waals surface area contributed by atoms with Gasteiger partial charge in [0.15, 0.2) is 5.79 Å². The van der Waals surface area contributed by atoms with Crippen molar-refractivity contribution in [1.29, 1.82) is 0 Å². The van der Waals surface area contributed by atoms with Gasteiger partial charge in [-0.3, -0.25) is 9.78 Å². The van der Waals surface area contributed by atoms with Crippen molar-refractivity contribution in [3.05, 3.63) is 23.5 Å². The second kappa shape index (κ2) is 9.70. The van der Waals surface area contributed by atoms with E-state index in [9.17, 15) is 4.79 Å². The van der Waals surface area contributed by atoms with Gasteiger partial charge in [0.1, 0.15) is 5.75 Å². The Bertz CT molecular complexity index is 640. The smallest absolute Gasteiger partial charge is 0.229 e. The number of nitrogens with zero attached hydrogens (tertiary/aromatic N) is 2. The van der Waals surface area contributed by atoms with Gasteiger partial charge in [0.2, 0.25) is 5.91 Å². The maximum atomic E-state index is 12.9. The molecule has 1 saturated heterocycles. The molecule has 1 amide bonds. The van der Waals surface area contributed by atoms with Crippen molar-refractivity contribution in [2.45, 2.75) is 79.2 Å². The molecule has 0 spiro atoms. The molecule has 2 heterocycles. The SMILES string of the molecule is CCc1c(OCC2COC(C)(C)OC2)ccnc1CC(=O)N(C(C)C)C(C)C. The van der Waals surface area contributed by atoms with E-state index in [1.165, 1.54) is 0 Å². The van der Waals surface area contributed by atoms with Crippen molar-refractivity contribution < 1.29 is 19.0 Å². The Balaban J connectivity index is 2.06. The Morgan fingerprint density at radius 2 is 1.86 bits per heavy atom. The summed E-state index contributed by atoms with van der Waals surface area (Å²) in [7, 11) is 0. The first-order valence-corrected chi connectivity index (χ1v) is 10.3. The maximum absolute atomic E-state index is 12.9. The highest BCUT2D eigenvalue weighted by Gasteiger charge is 2.29. The molecule has 158 valence electrons. The molecule has 6 heteroatoms. The summed E-state index contributed by atoms with van der Waals surface area (Å²) >= 11 is 0. The summed E-state index contributed by atoms with van der Waals surface area (Å²) in [6.45, 7) is 15.8. The van der Waals surface area contributed by atoms with Crippen molar-refractivity contribution >= 4 is 5.91 Å². The van der Waals surface area contributed by atoms with E-state index in [1.807, 2.05) is 52.5 Å². The Labute approximate surface area is 169 Å². The average Bonchev–Trinajstić information content (AvgIpc) is 2.60. The number of carbonyl (C=O) groups excluding carboxylic acids is 1. The standard InChI is InChI=1S/C22H36N2O4/c1-8-18-19(11-21(25)24(15(2)3)16(4)5)23-10-9-20(18)26-12-17-13-27-22(6,7)28-14-17/h9-10,15-17H,8,11-14H2,1-7H3. The lowest BCUT2D eigenvalue weighted by atomic mass is 10.1. The molecule has 1 aromatic heterocycles. The summed E-state index contributed by atoms with van der Waals surface area (Å²) < 4.78 is 17.5. The van der Waals surface area contributed by atoms with Gasteiger partial charge < -0.3 is 19.1 Å². The predicted octanol–water partition coefficient (Wildman–Crippen LogP) is 3.61. The van der Waals surface area contributed by atoms with E-state index < -0.39 is 5.79 Å². The molecular weight excluding hydrogens is 356 g/mol. The van der Waals surface area contributed by atoms with E-state index in [2.05, 4.69) is 11.9 Å². The van der Waals surface area contributed by atoms with Crippen LogP contribution >= 0.6 is 0 Å². The van der Waals surface area contributed by atoms with E-state index in [0.717, 1.165) is 23.4 Å². The third-order valence-corrected chi connectivity index (χ3v) is 4.98. The summed E-state index contributed by atoms with van der Waals surface area (Å²) in [6, 6.07) is 2.20. The normalized spacial score (nSPS) is 17.2. The Kier molecular flexibility index (Phi) is 7.84. The molecule has 28 heavy (non-hydrogen) atoms. The first-order chi connectivity index (χ1) is 13.1. The van der Waals surface area contributed by atoms with Crippen molar-refractivity contribution in [1.82, 2.24) is 9.88 Å². The lowest BCUT2D eigenvalue weighted by Crippen LogP contribution is -2.43. The van der Waals surface area contributed by atoms with E-state index >= 15 is 0 Å². The monoisotopic (exact) mass is 392 g/mol. The van der Waals surface area contributed by atoms with Crippen LogP contribution in [-0.2, 0) is 27.1 Å². The number of ether oxygens (including phenoxy) is 3. The number of rotatable bonds is 8. The first-order valence-electron chi connectivity index (χ1n) is 10.3. The number of hydrogen-bond donors (Lipinski definition) is 0. The zero-order valence-electron chi connectivity index (χ0n) is 18.4. The Hall–Kier alpha value is -1.66. The van der Waals surface area contributed by atoms with Gasteiger partial charge in [0, 0.05) is 29.8 Å². The topological polar surface area (TPSA) is 60.9 Å². The molecule has 0 aliphatic carbocycles. The van der Waals surface area contributed by atoms with Crippen LogP contribution in [0.5, 0.6) is 5.75 Å². The minimum atomic E-state index is -0.520. The molecule has 0 radical (unpaired) electrons. The number of pyridine rings is 1. The Morgan fingerprint density at radius 3 is 2.39 bits per heavy atom. The van der Waals surface area contributed by atoms with Gasteiger partial charge in [-0.05, 0) is 54.0 Å². The fourth-order valence-corrected chi connectivity index (χ4v) is 3.62. The van der Waals surface area contributed by atoms with E-state index in [1.54, 1.807) is 6.20 Å². The van der Waals surface area contributed by atoms with E-state index in [0.29, 0.717) is 26.2 Å². The predicted molar refractivity (Wildman–Crippen MR) is 109 cm³/mol. The summed E-state index contributed by atoms with van der Waals surface area (Å²) in [4.78, 5) is 19.3. The molecule has 0 unspecified atom stereocenters. The molecule has 1 aliphatic heterocycles. The molecular formula is C22H36N2O4. The summed E-state index contributed by atoms with van der Waals surface area (Å²) in [6.07, 6.45) is 2.78. The molecule has 6 nitrogen and oxygen atoms in total. The average molecular weight is 393 g/mol. The van der Waals surface area contributed by atoms with Crippen molar-refractivity contribution in [3.63, 3.8) is 0 Å². The highest BCUT2D eigenvalue weighted by molar-refractivity contribution is 5.79. The van der Waals surface area contributed by atoms with Crippen molar-refractivity contribution in [3.8, 4) is 5.75 Å². The number of hydrogen-bond acceptors (Lipinski definition) is 5. The van der Waals surface area contributed by atoms with Crippen LogP contribution < -0.4 is 4.74 Å². The highest BCUT2D eigenvalue weighted by Crippen LogP contribution is 2.25. The number of carbonyl (C=O) groups is 1. The highest BCUT2D eigenvalue weighted by atomic mass is 16.7. The zero-order chi connectivity index (χ0) is 20.9. The van der Waals surface area contributed by atoms with Gasteiger partial charge in [-0.15, -0.1) is 0 Å². The van der Waals surface area contributed by atoms with Crippen LogP contribution in [0, 0.1) is 5.92 Å². The maximum Gasteiger partial charge on any atom is 0.229 e. The van der Waals surface area contributed by atoms with Crippen molar-refractivity contribution in [2.75, 3.05) is 19.8 Å². The molecule has 1 fully saturated rings. The first kappa shape index (κ1) is 22.6. The van der Waals surface area contributed by atoms with Crippen LogP contribution in [0.3, 0.4) is 0 Å². The molecule has 1 aliphatic rings. The van der Waals surface area contributed by atoms with Gasteiger partial charge >= 0.3 is 0 Å². The van der Waals surface area contributed by atoms with Gasteiger partial charge in [-0.2, -0.15) is 0 Å². The van der Waals surface area contributed by atoms with Gasteiger partial charge in [0.25, 0.3) is 0 Å². The van der Waals surface area contributed by atoms with Crippen LogP contribution in [0.25, 0.3) is 0 Å². The molecule has 0 atom stereocenters. The lowest BCUT2D eigenvalue weighted by molar-refractivity contribution is -0.264.